The standard InChI is InChI=1S/C24H25N5O4S2/c1-2-33-22(31)14-25-21(30)16-34-23-27-26-20(28(23)13-12-17-8-4-3-5-9-17)15-29-18-10-6-7-11-19(18)35-24(29)32/h3-11H,2,12-16H2,1H3,(H,25,30). The molecular weight excluding hydrogens is 486 g/mol. The number of benzene rings is 2. The maximum atomic E-state index is 12.7. The molecule has 0 radical (unpaired) electrons. The average Bonchev–Trinajstić information content (AvgIpc) is 3.40. The summed E-state index contributed by atoms with van der Waals surface area (Å²) in [5.74, 6) is -0.0691. The molecule has 2 aromatic carbocycles. The highest BCUT2D eigenvalue weighted by molar-refractivity contribution is 7.99. The molecule has 4 rings (SSSR count). The number of thioether (sulfide) groups is 1. The Morgan fingerprint density at radius 2 is 1.83 bits per heavy atom. The Hall–Kier alpha value is -3.44. The smallest absolute Gasteiger partial charge is 0.325 e. The highest BCUT2D eigenvalue weighted by Crippen LogP contribution is 2.21. The van der Waals surface area contributed by atoms with E-state index in [1.165, 1.54) is 23.1 Å². The topological polar surface area (TPSA) is 108 Å². The lowest BCUT2D eigenvalue weighted by Gasteiger charge is -2.11. The van der Waals surface area contributed by atoms with Gasteiger partial charge in [0.1, 0.15) is 6.54 Å². The second kappa shape index (κ2) is 11.8. The van der Waals surface area contributed by atoms with Crippen molar-refractivity contribution < 1.29 is 14.3 Å². The molecule has 0 atom stereocenters. The minimum atomic E-state index is -0.479. The van der Waals surface area contributed by atoms with Gasteiger partial charge in [0.25, 0.3) is 0 Å². The number of hydrogen-bond acceptors (Lipinski definition) is 8. The summed E-state index contributed by atoms with van der Waals surface area (Å²) >= 11 is 2.44. The number of esters is 1. The van der Waals surface area contributed by atoms with Crippen molar-refractivity contribution >= 4 is 45.2 Å². The number of ether oxygens (including phenoxy) is 1. The van der Waals surface area contributed by atoms with Gasteiger partial charge in [-0.05, 0) is 31.0 Å². The molecule has 4 aromatic rings. The number of carbonyl (C=O) groups is 2. The van der Waals surface area contributed by atoms with Crippen LogP contribution in [0, 0.1) is 0 Å². The molecule has 182 valence electrons. The third kappa shape index (κ3) is 6.37. The van der Waals surface area contributed by atoms with Crippen LogP contribution < -0.4 is 10.2 Å². The Morgan fingerprint density at radius 3 is 2.63 bits per heavy atom. The summed E-state index contributed by atoms with van der Waals surface area (Å²) in [4.78, 5) is 36.3. The fourth-order valence-corrected chi connectivity index (χ4v) is 5.23. The van der Waals surface area contributed by atoms with Crippen LogP contribution in [0.5, 0.6) is 0 Å². The summed E-state index contributed by atoms with van der Waals surface area (Å²) < 4.78 is 9.40. The van der Waals surface area contributed by atoms with Gasteiger partial charge in [-0.1, -0.05) is 65.6 Å². The Kier molecular flexibility index (Phi) is 8.32. The van der Waals surface area contributed by atoms with Gasteiger partial charge in [-0.25, -0.2) is 0 Å². The second-order valence-electron chi connectivity index (χ2n) is 7.58. The molecule has 1 amide bonds. The van der Waals surface area contributed by atoms with Gasteiger partial charge < -0.3 is 14.6 Å². The van der Waals surface area contributed by atoms with E-state index >= 15 is 0 Å². The molecule has 0 aliphatic heterocycles. The predicted octanol–water partition coefficient (Wildman–Crippen LogP) is 2.72. The molecule has 9 nitrogen and oxygen atoms in total. The zero-order valence-corrected chi connectivity index (χ0v) is 20.8. The minimum absolute atomic E-state index is 0.0589. The summed E-state index contributed by atoms with van der Waals surface area (Å²) in [5, 5.41) is 11.8. The van der Waals surface area contributed by atoms with Gasteiger partial charge in [-0.15, -0.1) is 10.2 Å². The number of para-hydroxylation sites is 1. The molecule has 2 aromatic heterocycles. The third-order valence-electron chi connectivity index (χ3n) is 5.20. The zero-order valence-electron chi connectivity index (χ0n) is 19.2. The lowest BCUT2D eigenvalue weighted by atomic mass is 10.1. The van der Waals surface area contributed by atoms with Gasteiger partial charge in [0.2, 0.25) is 5.91 Å². The minimum Gasteiger partial charge on any atom is -0.465 e. The number of aromatic nitrogens is 4. The second-order valence-corrected chi connectivity index (χ2v) is 9.51. The van der Waals surface area contributed by atoms with E-state index < -0.39 is 5.97 Å². The summed E-state index contributed by atoms with van der Waals surface area (Å²) in [6, 6.07) is 17.7. The number of rotatable bonds is 11. The largest absolute Gasteiger partial charge is 0.465 e. The molecule has 35 heavy (non-hydrogen) atoms. The Balaban J connectivity index is 1.52. The molecule has 0 unspecified atom stereocenters. The number of carbonyl (C=O) groups excluding carboxylic acids is 2. The average molecular weight is 512 g/mol. The van der Waals surface area contributed by atoms with Crippen LogP contribution in [0.3, 0.4) is 0 Å². The normalized spacial score (nSPS) is 11.0. The fourth-order valence-electron chi connectivity index (χ4n) is 3.52. The van der Waals surface area contributed by atoms with Gasteiger partial charge in [-0.3, -0.25) is 19.0 Å². The molecule has 0 saturated carbocycles. The molecule has 0 spiro atoms. The molecular formula is C24H25N5O4S2. The molecule has 0 aliphatic rings. The molecule has 0 saturated heterocycles. The summed E-state index contributed by atoms with van der Waals surface area (Å²) in [5.41, 5.74) is 2.01. The molecule has 0 fully saturated rings. The first kappa shape index (κ1) is 24.7. The number of nitrogens with one attached hydrogen (secondary N) is 1. The van der Waals surface area contributed by atoms with Gasteiger partial charge in [0, 0.05) is 6.54 Å². The van der Waals surface area contributed by atoms with Crippen LogP contribution in [0.2, 0.25) is 0 Å². The van der Waals surface area contributed by atoms with Crippen molar-refractivity contribution in [3.63, 3.8) is 0 Å². The zero-order chi connectivity index (χ0) is 24.6. The Bertz CT molecular complexity index is 1360. The lowest BCUT2D eigenvalue weighted by molar-refractivity contribution is -0.143. The van der Waals surface area contributed by atoms with Crippen molar-refractivity contribution in [2.45, 2.75) is 31.6 Å². The van der Waals surface area contributed by atoms with Crippen LogP contribution in [0.4, 0.5) is 0 Å². The number of thiazole rings is 1. The van der Waals surface area contributed by atoms with Crippen molar-refractivity contribution in [2.75, 3.05) is 18.9 Å². The maximum absolute atomic E-state index is 12.7. The Labute approximate surface area is 210 Å². The van der Waals surface area contributed by atoms with Gasteiger partial charge in [-0.2, -0.15) is 0 Å². The molecule has 1 N–H and O–H groups in total. The van der Waals surface area contributed by atoms with Crippen molar-refractivity contribution in [1.29, 1.82) is 0 Å². The first-order chi connectivity index (χ1) is 17.0. The van der Waals surface area contributed by atoms with Crippen LogP contribution >= 0.6 is 23.1 Å². The highest BCUT2D eigenvalue weighted by atomic mass is 32.2. The van der Waals surface area contributed by atoms with Crippen molar-refractivity contribution in [1.82, 2.24) is 24.6 Å². The van der Waals surface area contributed by atoms with Crippen molar-refractivity contribution in [3.05, 3.63) is 75.7 Å². The highest BCUT2D eigenvalue weighted by Gasteiger charge is 2.17. The van der Waals surface area contributed by atoms with E-state index in [1.807, 2.05) is 47.0 Å². The van der Waals surface area contributed by atoms with E-state index in [1.54, 1.807) is 11.5 Å². The number of aryl methyl sites for hydroxylation is 1. The third-order valence-corrected chi connectivity index (χ3v) is 7.13. The number of fused-ring (bicyclic) bond motifs is 1. The van der Waals surface area contributed by atoms with Crippen molar-refractivity contribution in [3.8, 4) is 0 Å². The monoisotopic (exact) mass is 511 g/mol. The number of hydrogen-bond donors (Lipinski definition) is 1. The predicted molar refractivity (Wildman–Crippen MR) is 136 cm³/mol. The van der Waals surface area contributed by atoms with E-state index in [2.05, 4.69) is 27.6 Å². The summed E-state index contributed by atoms with van der Waals surface area (Å²) in [6.45, 7) is 2.67. The van der Waals surface area contributed by atoms with Crippen LogP contribution in [0.25, 0.3) is 10.2 Å². The first-order valence-electron chi connectivity index (χ1n) is 11.1. The molecule has 11 heteroatoms. The van der Waals surface area contributed by atoms with E-state index in [-0.39, 0.29) is 36.2 Å². The Morgan fingerprint density at radius 1 is 1.06 bits per heavy atom. The summed E-state index contributed by atoms with van der Waals surface area (Å²) in [6.07, 6.45) is 0.744. The van der Waals surface area contributed by atoms with Crippen molar-refractivity contribution in [2.24, 2.45) is 0 Å². The van der Waals surface area contributed by atoms with Crippen LogP contribution in [-0.2, 0) is 33.8 Å². The van der Waals surface area contributed by atoms with E-state index in [0.717, 1.165) is 22.2 Å². The van der Waals surface area contributed by atoms with E-state index in [4.69, 9.17) is 4.74 Å². The molecule has 0 aliphatic carbocycles. The lowest BCUT2D eigenvalue weighted by Crippen LogP contribution is -2.31. The number of nitrogens with zero attached hydrogens (tertiary/aromatic N) is 4. The molecule has 2 heterocycles. The van der Waals surface area contributed by atoms with Crippen LogP contribution in [-0.4, -0.2) is 50.1 Å². The molecule has 0 bridgehead atoms. The maximum Gasteiger partial charge on any atom is 0.325 e. The fraction of sp³-hybridized carbons (Fsp3) is 0.292. The number of amides is 1. The van der Waals surface area contributed by atoms with E-state index in [9.17, 15) is 14.4 Å². The first-order valence-corrected chi connectivity index (χ1v) is 12.9. The van der Waals surface area contributed by atoms with Crippen LogP contribution in [0.1, 0.15) is 18.3 Å². The van der Waals surface area contributed by atoms with Gasteiger partial charge in [0.05, 0.1) is 29.1 Å². The SMILES string of the molecule is CCOC(=O)CNC(=O)CSc1nnc(Cn2c(=O)sc3ccccc32)n1CCc1ccccc1. The summed E-state index contributed by atoms with van der Waals surface area (Å²) in [7, 11) is 0. The van der Waals surface area contributed by atoms with Crippen LogP contribution in [0.15, 0.2) is 64.5 Å². The van der Waals surface area contributed by atoms with Gasteiger partial charge in [0.15, 0.2) is 11.0 Å². The quantitative estimate of drug-likeness (QED) is 0.244. The van der Waals surface area contributed by atoms with Gasteiger partial charge >= 0.3 is 10.8 Å². The van der Waals surface area contributed by atoms with E-state index in [0.29, 0.717) is 17.5 Å².